The quantitative estimate of drug-likeness (QED) is 0.613. The van der Waals surface area contributed by atoms with Crippen molar-refractivity contribution in [2.24, 2.45) is 16.5 Å². The van der Waals surface area contributed by atoms with Gasteiger partial charge in [0.05, 0.1) is 5.52 Å². The lowest BCUT2D eigenvalue weighted by Gasteiger charge is -2.16. The molecule has 1 aliphatic heterocycles. The minimum atomic E-state index is -0.473. The van der Waals surface area contributed by atoms with Gasteiger partial charge in [-0.05, 0) is 18.6 Å². The summed E-state index contributed by atoms with van der Waals surface area (Å²) in [5, 5.41) is 0.893. The number of amides is 1. The van der Waals surface area contributed by atoms with Gasteiger partial charge in [0.2, 0.25) is 0 Å². The molecule has 0 aliphatic carbocycles. The molecule has 6 nitrogen and oxygen atoms in total. The van der Waals surface area contributed by atoms with Crippen LogP contribution in [-0.2, 0) is 6.54 Å². The van der Waals surface area contributed by atoms with E-state index >= 15 is 0 Å². The number of rotatable bonds is 1. The Morgan fingerprint density at radius 1 is 1.33 bits per heavy atom. The van der Waals surface area contributed by atoms with Gasteiger partial charge in [-0.2, -0.15) is 4.99 Å². The summed E-state index contributed by atoms with van der Waals surface area (Å²) in [7, 11) is 0. The van der Waals surface area contributed by atoms with Gasteiger partial charge in [-0.3, -0.25) is 9.59 Å². The monoisotopic (exact) mass is 286 g/mol. The fraction of sp³-hybridized carbons (Fsp3) is 0.267. The normalized spacial score (nSPS) is 12.9. The van der Waals surface area contributed by atoms with Crippen LogP contribution >= 0.6 is 0 Å². The summed E-state index contributed by atoms with van der Waals surface area (Å²) >= 11 is 0. The summed E-state index contributed by atoms with van der Waals surface area (Å²) in [6, 6.07) is 5.51. The van der Waals surface area contributed by atoms with E-state index in [0.29, 0.717) is 24.2 Å². The van der Waals surface area contributed by atoms with Crippen LogP contribution in [0.4, 0.5) is 0 Å². The van der Waals surface area contributed by atoms with Crippen LogP contribution in [0.5, 0.6) is 0 Å². The minimum absolute atomic E-state index is 0. The van der Waals surface area contributed by atoms with E-state index in [9.17, 15) is 9.59 Å². The Kier molecular flexibility index (Phi) is 3.55. The summed E-state index contributed by atoms with van der Waals surface area (Å²) in [5.41, 5.74) is 13.3. The van der Waals surface area contributed by atoms with Crippen LogP contribution in [-0.4, -0.2) is 22.2 Å². The van der Waals surface area contributed by atoms with Crippen LogP contribution in [0.25, 0.3) is 10.9 Å². The standard InChI is InChI=1S/C14H14N4O2.CH4/c1-7-8-3-2-4-9-10(19)5-6-18(12(8)9)11(7)13(20)17-14(15)16;/h2-4H,5-6H2,1H3,(H4,15,16,17,20);1H4. The second kappa shape index (κ2) is 5.05. The number of guanidine groups is 1. The lowest BCUT2D eigenvalue weighted by molar-refractivity contribution is 0.0957. The summed E-state index contributed by atoms with van der Waals surface area (Å²) in [5.74, 6) is -0.639. The molecule has 0 saturated heterocycles. The van der Waals surface area contributed by atoms with E-state index in [1.807, 2.05) is 23.6 Å². The molecular weight excluding hydrogens is 268 g/mol. The number of carbonyl (C=O) groups excluding carboxylic acids is 2. The highest BCUT2D eigenvalue weighted by molar-refractivity contribution is 6.13. The Morgan fingerprint density at radius 2 is 2.05 bits per heavy atom. The largest absolute Gasteiger partial charge is 0.370 e. The van der Waals surface area contributed by atoms with E-state index < -0.39 is 5.91 Å². The smallest absolute Gasteiger partial charge is 0.297 e. The highest BCUT2D eigenvalue weighted by Gasteiger charge is 2.27. The van der Waals surface area contributed by atoms with E-state index in [2.05, 4.69) is 4.99 Å². The van der Waals surface area contributed by atoms with Crippen LogP contribution in [0.2, 0.25) is 0 Å². The van der Waals surface area contributed by atoms with Crippen molar-refractivity contribution in [1.82, 2.24) is 4.57 Å². The molecule has 1 amide bonds. The molecule has 2 aromatic rings. The van der Waals surface area contributed by atoms with Crippen molar-refractivity contribution in [2.45, 2.75) is 27.3 Å². The average molecular weight is 286 g/mol. The molecule has 0 unspecified atom stereocenters. The molecule has 1 aromatic carbocycles. The zero-order valence-corrected chi connectivity index (χ0v) is 11.0. The SMILES string of the molecule is C.Cc1c(C(=O)N=C(N)N)n2c3c(cccc13)C(=O)CC2. The van der Waals surface area contributed by atoms with Crippen molar-refractivity contribution in [2.75, 3.05) is 0 Å². The second-order valence-electron chi connectivity index (χ2n) is 4.84. The number of nitrogens with two attached hydrogens (primary N) is 2. The van der Waals surface area contributed by atoms with E-state index in [-0.39, 0.29) is 19.2 Å². The first-order valence-electron chi connectivity index (χ1n) is 6.29. The Morgan fingerprint density at radius 3 is 2.71 bits per heavy atom. The molecule has 1 aromatic heterocycles. The maximum Gasteiger partial charge on any atom is 0.297 e. The van der Waals surface area contributed by atoms with Crippen molar-refractivity contribution < 1.29 is 9.59 Å². The van der Waals surface area contributed by atoms with E-state index in [4.69, 9.17) is 11.5 Å². The number of aryl methyl sites for hydroxylation is 2. The molecule has 4 N–H and O–H groups in total. The fourth-order valence-electron chi connectivity index (χ4n) is 2.82. The fourth-order valence-corrected chi connectivity index (χ4v) is 2.82. The number of aromatic nitrogens is 1. The minimum Gasteiger partial charge on any atom is -0.370 e. The molecule has 6 heteroatoms. The van der Waals surface area contributed by atoms with Gasteiger partial charge in [0.1, 0.15) is 5.69 Å². The number of hydrogen-bond acceptors (Lipinski definition) is 2. The highest BCUT2D eigenvalue weighted by atomic mass is 16.1. The predicted octanol–water partition coefficient (Wildman–Crippen LogP) is 1.59. The Bertz CT molecular complexity index is 783. The number of para-hydroxylation sites is 1. The van der Waals surface area contributed by atoms with Gasteiger partial charge in [-0.1, -0.05) is 19.6 Å². The first kappa shape index (κ1) is 14.8. The number of benzene rings is 1. The third kappa shape index (κ3) is 2.08. The van der Waals surface area contributed by atoms with Gasteiger partial charge in [-0.15, -0.1) is 0 Å². The van der Waals surface area contributed by atoms with Crippen molar-refractivity contribution >= 4 is 28.6 Å². The summed E-state index contributed by atoms with van der Waals surface area (Å²) in [6.45, 7) is 2.31. The molecule has 21 heavy (non-hydrogen) atoms. The Labute approximate surface area is 122 Å². The van der Waals surface area contributed by atoms with Gasteiger partial charge in [-0.25, -0.2) is 0 Å². The number of ketones is 1. The average Bonchev–Trinajstić information content (AvgIpc) is 2.68. The summed E-state index contributed by atoms with van der Waals surface area (Å²) in [6.07, 6.45) is 0.377. The zero-order valence-electron chi connectivity index (χ0n) is 11.0. The van der Waals surface area contributed by atoms with Crippen LogP contribution in [0.3, 0.4) is 0 Å². The van der Waals surface area contributed by atoms with Gasteiger partial charge < -0.3 is 16.0 Å². The number of aliphatic imine (C=N–C) groups is 1. The molecule has 1 aliphatic rings. The number of hydrogen-bond donors (Lipinski definition) is 2. The molecule has 0 fully saturated rings. The van der Waals surface area contributed by atoms with Gasteiger partial charge >= 0.3 is 0 Å². The molecule has 3 rings (SSSR count). The molecule has 0 radical (unpaired) electrons. The molecule has 0 atom stereocenters. The predicted molar refractivity (Wildman–Crippen MR) is 82.5 cm³/mol. The van der Waals surface area contributed by atoms with Gasteiger partial charge in [0, 0.05) is 23.9 Å². The molecule has 0 bridgehead atoms. The van der Waals surface area contributed by atoms with E-state index in [0.717, 1.165) is 16.5 Å². The van der Waals surface area contributed by atoms with Crippen molar-refractivity contribution in [3.63, 3.8) is 0 Å². The molecule has 0 saturated carbocycles. The lowest BCUT2D eigenvalue weighted by atomic mass is 10.0. The maximum absolute atomic E-state index is 12.2. The molecule has 0 spiro atoms. The van der Waals surface area contributed by atoms with Crippen LogP contribution < -0.4 is 11.5 Å². The van der Waals surface area contributed by atoms with E-state index in [1.54, 1.807) is 6.07 Å². The molecular formula is C15H18N4O2. The second-order valence-corrected chi connectivity index (χ2v) is 4.84. The maximum atomic E-state index is 12.2. The van der Waals surface area contributed by atoms with Gasteiger partial charge in [0.25, 0.3) is 5.91 Å². The topological polar surface area (TPSA) is 103 Å². The highest BCUT2D eigenvalue weighted by Crippen LogP contribution is 2.32. The van der Waals surface area contributed by atoms with Crippen molar-refractivity contribution in [1.29, 1.82) is 0 Å². The first-order valence-corrected chi connectivity index (χ1v) is 6.29. The Hall–Kier alpha value is -2.63. The van der Waals surface area contributed by atoms with Crippen LogP contribution in [0.1, 0.15) is 40.3 Å². The third-order valence-electron chi connectivity index (χ3n) is 3.63. The first-order chi connectivity index (χ1) is 9.50. The summed E-state index contributed by atoms with van der Waals surface area (Å²) < 4.78 is 1.84. The third-order valence-corrected chi connectivity index (χ3v) is 3.63. The molecule has 2 heterocycles. The van der Waals surface area contributed by atoms with Gasteiger partial charge in [0.15, 0.2) is 11.7 Å². The number of carbonyl (C=O) groups is 2. The molecule has 110 valence electrons. The van der Waals surface area contributed by atoms with Crippen LogP contribution in [0.15, 0.2) is 23.2 Å². The van der Waals surface area contributed by atoms with Crippen molar-refractivity contribution in [3.05, 3.63) is 35.0 Å². The summed E-state index contributed by atoms with van der Waals surface area (Å²) in [4.78, 5) is 27.8. The Balaban J connectivity index is 0.00000161. The number of Topliss-reactive ketones (excluding diaryl/α,β-unsaturated/α-hetero) is 1. The van der Waals surface area contributed by atoms with E-state index in [1.165, 1.54) is 0 Å². The zero-order chi connectivity index (χ0) is 14.4. The van der Waals surface area contributed by atoms with Crippen LogP contribution in [0, 0.1) is 6.92 Å². The number of nitrogens with zero attached hydrogens (tertiary/aromatic N) is 2. The van der Waals surface area contributed by atoms with Crippen molar-refractivity contribution in [3.8, 4) is 0 Å². The lowest BCUT2D eigenvalue weighted by Crippen LogP contribution is -2.25.